The Morgan fingerprint density at radius 1 is 1.04 bits per heavy atom. The van der Waals surface area contributed by atoms with E-state index in [0.29, 0.717) is 23.8 Å². The zero-order valence-electron chi connectivity index (χ0n) is 16.0. The maximum absolute atomic E-state index is 12.7. The number of rotatable bonds is 7. The summed E-state index contributed by atoms with van der Waals surface area (Å²) < 4.78 is 3.32. The smallest absolute Gasteiger partial charge is 0.336 e. The number of aromatic carboxylic acids is 1. The molecule has 3 rings (SSSR count). The Bertz CT molecular complexity index is 1050. The molecule has 0 saturated carbocycles. The van der Waals surface area contributed by atoms with Crippen LogP contribution in [0.2, 0.25) is 5.15 Å². The van der Waals surface area contributed by atoms with E-state index in [0.717, 1.165) is 29.7 Å². The van der Waals surface area contributed by atoms with Gasteiger partial charge in [-0.2, -0.15) is 0 Å². The van der Waals surface area contributed by atoms with Gasteiger partial charge < -0.3 is 5.11 Å². The second-order valence-electron chi connectivity index (χ2n) is 6.65. The van der Waals surface area contributed by atoms with Gasteiger partial charge in [-0.3, -0.25) is 9.13 Å². The van der Waals surface area contributed by atoms with Crippen LogP contribution in [0.3, 0.4) is 0 Å². The van der Waals surface area contributed by atoms with Crippen LogP contribution in [0.25, 0.3) is 11.1 Å². The monoisotopic (exact) mass is 398 g/mol. The van der Waals surface area contributed by atoms with Crippen molar-refractivity contribution in [2.75, 3.05) is 0 Å². The third kappa shape index (κ3) is 3.76. The highest BCUT2D eigenvalue weighted by Crippen LogP contribution is 2.25. The van der Waals surface area contributed by atoms with E-state index in [1.54, 1.807) is 27.3 Å². The third-order valence-electron chi connectivity index (χ3n) is 4.83. The number of carbonyl (C=O) groups is 1. The normalized spacial score (nSPS) is 11.0. The minimum absolute atomic E-state index is 0.101. The molecule has 0 atom stereocenters. The Morgan fingerprint density at radius 3 is 2.32 bits per heavy atom. The number of carboxylic acid groups (broad SMARTS) is 1. The molecule has 0 amide bonds. The number of hydrogen-bond acceptors (Lipinski definition) is 2. The number of halogens is 1. The largest absolute Gasteiger partial charge is 0.478 e. The van der Waals surface area contributed by atoms with Crippen molar-refractivity contribution in [2.45, 2.75) is 39.8 Å². The average Bonchev–Trinajstić information content (AvgIpc) is 2.92. The number of nitrogens with zero attached hydrogens (tertiary/aromatic N) is 2. The fraction of sp³-hybridized carbons (Fsp3) is 0.273. The lowest BCUT2D eigenvalue weighted by Crippen LogP contribution is -2.25. The molecule has 0 unspecified atom stereocenters. The van der Waals surface area contributed by atoms with Gasteiger partial charge in [0, 0.05) is 6.54 Å². The Labute approximate surface area is 168 Å². The molecule has 28 heavy (non-hydrogen) atoms. The Morgan fingerprint density at radius 2 is 1.71 bits per heavy atom. The molecule has 3 aromatic rings. The van der Waals surface area contributed by atoms with Crippen molar-refractivity contribution >= 4 is 17.6 Å². The molecule has 0 fully saturated rings. The van der Waals surface area contributed by atoms with Crippen LogP contribution < -0.4 is 5.69 Å². The minimum Gasteiger partial charge on any atom is -0.478 e. The van der Waals surface area contributed by atoms with Crippen LogP contribution in [0.1, 0.15) is 41.9 Å². The maximum atomic E-state index is 12.7. The number of carboxylic acids is 1. The minimum atomic E-state index is -0.953. The summed E-state index contributed by atoms with van der Waals surface area (Å²) in [5.74, 6) is -0.953. The number of benzene rings is 2. The van der Waals surface area contributed by atoms with Crippen LogP contribution in [0.4, 0.5) is 0 Å². The van der Waals surface area contributed by atoms with Crippen molar-refractivity contribution in [1.82, 2.24) is 9.13 Å². The molecular weight excluding hydrogens is 376 g/mol. The molecule has 2 aromatic carbocycles. The maximum Gasteiger partial charge on any atom is 0.336 e. The SMILES string of the molecule is CCCc1c(Cl)n(CC)c(=O)n1Cc1ccc(-c2ccccc2C(=O)O)cc1. The van der Waals surface area contributed by atoms with Crippen LogP contribution in [-0.2, 0) is 19.5 Å². The van der Waals surface area contributed by atoms with E-state index in [1.807, 2.05) is 37.3 Å². The lowest BCUT2D eigenvalue weighted by Gasteiger charge is -2.09. The summed E-state index contributed by atoms with van der Waals surface area (Å²) in [5, 5.41) is 9.90. The summed E-state index contributed by atoms with van der Waals surface area (Å²) in [6.45, 7) is 4.93. The van der Waals surface area contributed by atoms with E-state index in [9.17, 15) is 14.7 Å². The van der Waals surface area contributed by atoms with Gasteiger partial charge in [0.1, 0.15) is 5.15 Å². The molecule has 5 nitrogen and oxygen atoms in total. The third-order valence-corrected chi connectivity index (χ3v) is 5.25. The van der Waals surface area contributed by atoms with Gasteiger partial charge >= 0.3 is 11.7 Å². The van der Waals surface area contributed by atoms with Crippen LogP contribution in [0.5, 0.6) is 0 Å². The molecule has 0 aliphatic heterocycles. The van der Waals surface area contributed by atoms with Gasteiger partial charge in [0.2, 0.25) is 0 Å². The van der Waals surface area contributed by atoms with Gasteiger partial charge in [-0.25, -0.2) is 9.59 Å². The molecule has 1 heterocycles. The summed E-state index contributed by atoms with van der Waals surface area (Å²) in [7, 11) is 0. The molecule has 0 aliphatic carbocycles. The van der Waals surface area contributed by atoms with Crippen LogP contribution >= 0.6 is 11.6 Å². The average molecular weight is 399 g/mol. The van der Waals surface area contributed by atoms with Crippen LogP contribution in [0.15, 0.2) is 53.3 Å². The summed E-state index contributed by atoms with van der Waals surface area (Å²) in [6.07, 6.45) is 1.64. The van der Waals surface area contributed by atoms with E-state index >= 15 is 0 Å². The molecule has 1 aromatic heterocycles. The molecule has 1 N–H and O–H groups in total. The number of hydrogen-bond donors (Lipinski definition) is 1. The Kier molecular flexibility index (Phi) is 6.05. The molecular formula is C22H23ClN2O3. The highest BCUT2D eigenvalue weighted by Gasteiger charge is 2.17. The highest BCUT2D eigenvalue weighted by atomic mass is 35.5. The standard InChI is InChI=1S/C22H23ClN2O3/c1-3-7-19-20(23)24(4-2)22(28)25(19)14-15-10-12-16(13-11-15)17-8-5-6-9-18(17)21(26)27/h5-6,8-13H,3-4,7,14H2,1-2H3,(H,26,27). The predicted molar refractivity (Wildman–Crippen MR) is 111 cm³/mol. The predicted octanol–water partition coefficient (Wildman–Crippen LogP) is 4.69. The first kappa shape index (κ1) is 20.0. The van der Waals surface area contributed by atoms with Gasteiger partial charge in [-0.1, -0.05) is 67.4 Å². The van der Waals surface area contributed by atoms with E-state index < -0.39 is 5.97 Å². The number of imidazole rings is 1. The highest BCUT2D eigenvalue weighted by molar-refractivity contribution is 6.30. The molecule has 0 aliphatic rings. The molecule has 146 valence electrons. The van der Waals surface area contributed by atoms with Gasteiger partial charge in [-0.15, -0.1) is 0 Å². The fourth-order valence-corrected chi connectivity index (χ4v) is 3.81. The topological polar surface area (TPSA) is 64.2 Å². The first-order valence-electron chi connectivity index (χ1n) is 9.37. The summed E-state index contributed by atoms with van der Waals surface area (Å²) in [4.78, 5) is 24.2. The summed E-state index contributed by atoms with van der Waals surface area (Å²) in [5.41, 5.74) is 3.48. The van der Waals surface area contributed by atoms with Gasteiger partial charge in [0.05, 0.1) is 17.8 Å². The van der Waals surface area contributed by atoms with E-state index in [1.165, 1.54) is 0 Å². The van der Waals surface area contributed by atoms with Crippen molar-refractivity contribution < 1.29 is 9.90 Å². The van der Waals surface area contributed by atoms with E-state index in [-0.39, 0.29) is 11.3 Å². The van der Waals surface area contributed by atoms with Crippen molar-refractivity contribution in [3.8, 4) is 11.1 Å². The van der Waals surface area contributed by atoms with Crippen molar-refractivity contribution in [2.24, 2.45) is 0 Å². The summed E-state index contributed by atoms with van der Waals surface area (Å²) in [6, 6.07) is 14.6. The fourth-order valence-electron chi connectivity index (χ4n) is 3.42. The molecule has 0 spiro atoms. The van der Waals surface area contributed by atoms with Crippen LogP contribution in [-0.4, -0.2) is 20.2 Å². The van der Waals surface area contributed by atoms with Crippen LogP contribution in [0, 0.1) is 0 Å². The van der Waals surface area contributed by atoms with Crippen molar-refractivity contribution in [3.05, 3.63) is 81.0 Å². The Hall–Kier alpha value is -2.79. The van der Waals surface area contributed by atoms with Gasteiger partial charge in [-0.05, 0) is 36.1 Å². The lowest BCUT2D eigenvalue weighted by atomic mass is 9.99. The second kappa shape index (κ2) is 8.48. The quantitative estimate of drug-likeness (QED) is 0.628. The second-order valence-corrected chi connectivity index (χ2v) is 7.01. The van der Waals surface area contributed by atoms with Crippen molar-refractivity contribution in [3.63, 3.8) is 0 Å². The molecule has 0 radical (unpaired) electrons. The lowest BCUT2D eigenvalue weighted by molar-refractivity contribution is 0.0697. The molecule has 0 bridgehead atoms. The Balaban J connectivity index is 1.95. The van der Waals surface area contributed by atoms with Gasteiger partial charge in [0.25, 0.3) is 0 Å². The number of aromatic nitrogens is 2. The van der Waals surface area contributed by atoms with Gasteiger partial charge in [0.15, 0.2) is 0 Å². The van der Waals surface area contributed by atoms with Crippen molar-refractivity contribution in [1.29, 1.82) is 0 Å². The first-order chi connectivity index (χ1) is 13.5. The molecule has 0 saturated heterocycles. The first-order valence-corrected chi connectivity index (χ1v) is 9.75. The summed E-state index contributed by atoms with van der Waals surface area (Å²) >= 11 is 6.42. The van der Waals surface area contributed by atoms with E-state index in [2.05, 4.69) is 6.92 Å². The zero-order valence-corrected chi connectivity index (χ0v) is 16.7. The molecule has 6 heteroatoms. The van der Waals surface area contributed by atoms with E-state index in [4.69, 9.17) is 11.6 Å². The zero-order chi connectivity index (χ0) is 20.3.